The third-order valence-corrected chi connectivity index (χ3v) is 28.4. The minimum atomic E-state index is -4.26. The van der Waals surface area contributed by atoms with Crippen molar-refractivity contribution in [1.29, 1.82) is 0 Å². The summed E-state index contributed by atoms with van der Waals surface area (Å²) in [6.07, 6.45) is -3.26. The Balaban J connectivity index is 0.996. The molecule has 37 nitrogen and oxygen atoms in total. The van der Waals surface area contributed by atoms with Gasteiger partial charge in [0.25, 0.3) is 5.91 Å². The van der Waals surface area contributed by atoms with Crippen molar-refractivity contribution in [3.05, 3.63) is 161 Å². The normalized spacial score (nSPS) is 17.4. The molecule has 0 aliphatic carbocycles. The van der Waals surface area contributed by atoms with Gasteiger partial charge in [-0.25, -0.2) is 26.4 Å². The second-order valence-corrected chi connectivity index (χ2v) is 40.4. The monoisotopic (exact) mass is 1960 g/mol. The van der Waals surface area contributed by atoms with E-state index in [2.05, 4.69) is 42.5 Å². The summed E-state index contributed by atoms with van der Waals surface area (Å²) < 4.78 is 102. The maximum absolute atomic E-state index is 15.0. The molecule has 7 rings (SSSR count). The molecule has 0 aromatic heterocycles. The Hall–Kier alpha value is -10.9. The van der Waals surface area contributed by atoms with Gasteiger partial charge in [0, 0.05) is 71.2 Å². The SMILES string of the molecule is CC[C@@H](C)C([C@@H](CC(=O)N1CCC[C@H]1[C@@H](OC)[C@H](C)C(=O)N[C@H](C)[C@@H](O)c1ccccc1)OC)N(C)C(=O)[C@@H](NC(=O)[C@@H](C(C)C)N(C)C(=O)OCc1ccc(NC(=O)[C@H](CCCNC(N)=O)NC(=O)[C@H](NC(=O)CC[C@@H](NC(=O)c2ccc(C(=O)C(CS(=O)(=O)c3ccc(C)cc3)CS(=O)(=O)c3ccc(C)cc3)cc2)C(=O)NCC2COCCOCCOCCOCCO2)C(C)C)cc1)C(C)C. The van der Waals surface area contributed by atoms with Gasteiger partial charge in [-0.05, 0) is 136 Å². The Morgan fingerprint density at radius 1 is 0.580 bits per heavy atom. The van der Waals surface area contributed by atoms with E-state index < -0.39 is 199 Å². The number of Topliss-reactive ketones (excluding diaryl/α,β-unsaturated/α-hetero) is 1. The highest BCUT2D eigenvalue weighted by Gasteiger charge is 2.45. The van der Waals surface area contributed by atoms with E-state index in [9.17, 15) is 79.5 Å². The number of benzene rings is 5. The Morgan fingerprint density at radius 2 is 1.14 bits per heavy atom. The van der Waals surface area contributed by atoms with Crippen LogP contribution < -0.4 is 48.3 Å². The summed E-state index contributed by atoms with van der Waals surface area (Å²) in [5.74, 6) is -12.4. The highest BCUT2D eigenvalue weighted by molar-refractivity contribution is 7.92. The first kappa shape index (κ1) is 114. The van der Waals surface area contributed by atoms with E-state index in [0.29, 0.717) is 56.8 Å². The standard InChI is InChI=1S/C99H144N12O25S2/c1-17-66(10)87(81(129-15)55-83(113)111-46-22-26-80(111)90(130-16)67(11)91(116)103-68(12)88(114)70-23-19-18-20-24-70)109(13)97(122)85(62(4)5)108-96(121)86(63(6)7)110(14)99(124)136-57-69-31-37-74(38-32-69)104-94(119)78(25-21-45-101-98(100)123)106-95(120)84(61(2)3)107-82(112)44-43-79(93(118)102-56-75-58-134-52-51-132-48-47-131-49-50-133-53-54-135-75)105-92(117)72-35-33-71(34-36-72)89(115)73(59-137(125,126)76-39-27-64(8)28-40-76)60-138(127,128)77-41-29-65(9)30-42-77/h18-20,23-24,27-42,61-63,66-68,73,75,78-81,84-88,90,114H,17,21-22,25-26,43-60H2,1-16H3,(H,102,118)(H,103,116)(H,104,119)(H,105,117)(H,106,120)(H,107,112)(H,108,121)(H3,100,101,123)/t66-,67+,68-,75?,78+,79-,80+,81-,84-,85+,86-,87?,88-,90+/m1/s1. The fraction of sp³-hybridized carbons (Fsp3) is 0.576. The number of likely N-dealkylation sites (N-methyl/N-ethyl adjacent to an activating group) is 2. The Labute approximate surface area is 811 Å². The number of aliphatic hydroxyl groups excluding tert-OH is 1. The van der Waals surface area contributed by atoms with Gasteiger partial charge >= 0.3 is 12.1 Å². The molecular weight excluding hydrogens is 1820 g/mol. The lowest BCUT2D eigenvalue weighted by Crippen LogP contribution is -2.60. The molecule has 0 bridgehead atoms. The van der Waals surface area contributed by atoms with E-state index in [1.807, 2.05) is 19.9 Å². The molecule has 11 N–H and O–H groups in total. The first-order valence-corrected chi connectivity index (χ1v) is 50.4. The van der Waals surface area contributed by atoms with Gasteiger partial charge in [-0.2, -0.15) is 0 Å². The van der Waals surface area contributed by atoms with Gasteiger partial charge in [0.15, 0.2) is 25.5 Å². The number of nitrogens with one attached hydrogen (secondary N) is 8. The molecule has 14 atom stereocenters. The van der Waals surface area contributed by atoms with Gasteiger partial charge in [0.1, 0.15) is 36.8 Å². The van der Waals surface area contributed by atoms with Crippen molar-refractivity contribution in [2.24, 2.45) is 41.2 Å². The number of anilines is 1. The number of methoxy groups -OCH3 is 2. The molecule has 2 saturated heterocycles. The van der Waals surface area contributed by atoms with Gasteiger partial charge in [0.05, 0.1) is 142 Å². The molecule has 0 spiro atoms. The molecule has 2 aliphatic heterocycles. The van der Waals surface area contributed by atoms with Crippen LogP contribution in [-0.4, -0.2) is 293 Å². The number of likely N-dealkylation sites (tertiary alicyclic amines) is 1. The van der Waals surface area contributed by atoms with Crippen LogP contribution in [0.25, 0.3) is 0 Å². The molecule has 138 heavy (non-hydrogen) atoms. The largest absolute Gasteiger partial charge is 0.445 e. The number of carbonyl (C=O) groups excluding carboxylic acids is 12. The minimum Gasteiger partial charge on any atom is -0.445 e. The summed E-state index contributed by atoms with van der Waals surface area (Å²) in [5.41, 5.74) is 8.00. The molecule has 762 valence electrons. The molecular formula is C99H144N12O25S2. The quantitative estimate of drug-likeness (QED) is 0.0137. The summed E-state index contributed by atoms with van der Waals surface area (Å²) >= 11 is 0. The molecule has 5 aromatic carbocycles. The Morgan fingerprint density at radius 3 is 1.68 bits per heavy atom. The predicted molar refractivity (Wildman–Crippen MR) is 516 cm³/mol. The molecule has 2 heterocycles. The summed E-state index contributed by atoms with van der Waals surface area (Å²) in [5, 5.41) is 33.0. The number of nitrogens with two attached hydrogens (primary N) is 1. The van der Waals surface area contributed by atoms with Gasteiger partial charge in [-0.1, -0.05) is 159 Å². The first-order chi connectivity index (χ1) is 65.5. The number of aliphatic hydroxyl groups is 1. The third-order valence-electron chi connectivity index (χ3n) is 24.7. The molecule has 2 aliphatic rings. The summed E-state index contributed by atoms with van der Waals surface area (Å²) in [7, 11) is -2.53. The zero-order chi connectivity index (χ0) is 102. The molecule has 2 unspecified atom stereocenters. The van der Waals surface area contributed by atoms with Gasteiger partial charge in [0.2, 0.25) is 47.3 Å². The molecule has 12 amide bonds. The highest BCUT2D eigenvalue weighted by Crippen LogP contribution is 2.32. The summed E-state index contributed by atoms with van der Waals surface area (Å²) in [4.78, 5) is 174. The number of hydrogen-bond acceptors (Lipinski definition) is 25. The van der Waals surface area contributed by atoms with Crippen molar-refractivity contribution < 1.29 is 117 Å². The van der Waals surface area contributed by atoms with Gasteiger partial charge < -0.3 is 101 Å². The van der Waals surface area contributed by atoms with Crippen LogP contribution in [0.4, 0.5) is 15.3 Å². The predicted octanol–water partition coefficient (Wildman–Crippen LogP) is 7.12. The average molecular weight is 1970 g/mol. The van der Waals surface area contributed by atoms with Crippen molar-refractivity contribution >= 4 is 96.4 Å². The Kier molecular flexibility index (Phi) is 46.6. The second kappa shape index (κ2) is 56.4. The van der Waals surface area contributed by atoms with Crippen molar-refractivity contribution in [2.45, 2.75) is 224 Å². The zero-order valence-corrected chi connectivity index (χ0v) is 83.9. The maximum atomic E-state index is 15.0. The number of hydrogen-bond donors (Lipinski definition) is 10. The number of rotatable bonds is 48. The Bertz CT molecular complexity index is 4930. The zero-order valence-electron chi connectivity index (χ0n) is 82.3. The molecule has 2 fully saturated rings. The van der Waals surface area contributed by atoms with E-state index in [-0.39, 0.29) is 129 Å². The number of nitrogens with zero attached hydrogens (tertiary/aromatic N) is 3. The highest BCUT2D eigenvalue weighted by atomic mass is 32.2. The third kappa shape index (κ3) is 35.2. The van der Waals surface area contributed by atoms with Gasteiger partial charge in [-0.15, -0.1) is 0 Å². The lowest BCUT2D eigenvalue weighted by Gasteiger charge is -2.41. The average Bonchev–Trinajstić information content (AvgIpc) is 1.78. The molecule has 0 saturated carbocycles. The lowest BCUT2D eigenvalue weighted by molar-refractivity contribution is -0.148. The second-order valence-electron chi connectivity index (χ2n) is 36.3. The van der Waals surface area contributed by atoms with Crippen LogP contribution in [0.15, 0.2) is 137 Å². The number of aryl methyl sites for hydroxylation is 2. The van der Waals surface area contributed by atoms with E-state index in [1.165, 1.54) is 86.8 Å². The number of carbonyl (C=O) groups is 12. The van der Waals surface area contributed by atoms with E-state index in [4.69, 9.17) is 43.6 Å². The fourth-order valence-corrected chi connectivity index (χ4v) is 19.8. The number of ether oxygens (including phenoxy) is 8. The molecule has 39 heteroatoms. The van der Waals surface area contributed by atoms with Crippen molar-refractivity contribution in [1.82, 2.24) is 51.9 Å². The van der Waals surface area contributed by atoms with Crippen LogP contribution in [0.5, 0.6) is 0 Å². The minimum absolute atomic E-state index is 0.00171. The van der Waals surface area contributed by atoms with Crippen molar-refractivity contribution in [3.8, 4) is 0 Å². The van der Waals surface area contributed by atoms with Crippen LogP contribution in [0.1, 0.15) is 170 Å². The maximum Gasteiger partial charge on any atom is 0.410 e. The van der Waals surface area contributed by atoms with Crippen LogP contribution in [0.3, 0.4) is 0 Å². The van der Waals surface area contributed by atoms with Crippen LogP contribution in [-0.2, 0) is 103 Å². The summed E-state index contributed by atoms with van der Waals surface area (Å²) in [6, 6.07) is 22.9. The van der Waals surface area contributed by atoms with Crippen molar-refractivity contribution in [2.75, 3.05) is 124 Å². The number of sulfone groups is 2. The van der Waals surface area contributed by atoms with E-state index >= 15 is 0 Å². The van der Waals surface area contributed by atoms with E-state index in [0.717, 1.165) is 16.0 Å². The smallest absolute Gasteiger partial charge is 0.410 e. The number of ketones is 1. The van der Waals surface area contributed by atoms with Crippen LogP contribution in [0, 0.1) is 49.4 Å². The topological polar surface area (TPSA) is 499 Å². The number of urea groups is 1. The fourth-order valence-electron chi connectivity index (χ4n) is 16.6. The summed E-state index contributed by atoms with van der Waals surface area (Å²) in [6.45, 7) is 23.1. The lowest BCUT2D eigenvalue weighted by atomic mass is 9.89. The van der Waals surface area contributed by atoms with Gasteiger partial charge in [-0.3, -0.25) is 52.8 Å². The van der Waals surface area contributed by atoms with Crippen molar-refractivity contribution in [3.63, 3.8) is 0 Å². The first-order valence-electron chi connectivity index (χ1n) is 47.1. The number of primary amides is 1. The molecule has 5 aromatic rings. The molecule has 0 radical (unpaired) electrons. The number of amides is 12. The van der Waals surface area contributed by atoms with E-state index in [1.54, 1.807) is 142 Å². The van der Waals surface area contributed by atoms with Crippen LogP contribution in [0.2, 0.25) is 0 Å². The van der Waals surface area contributed by atoms with Crippen LogP contribution >= 0.6 is 0 Å².